The third-order valence-corrected chi connectivity index (χ3v) is 7.65. The molecule has 0 saturated heterocycles. The summed E-state index contributed by atoms with van der Waals surface area (Å²) < 4.78 is 12.7. The Kier molecular flexibility index (Phi) is 5.63. The number of fused-ring (bicyclic) bond motifs is 2. The maximum Gasteiger partial charge on any atom is 0.365 e. The van der Waals surface area contributed by atoms with Gasteiger partial charge in [0.15, 0.2) is 0 Å². The van der Waals surface area contributed by atoms with Gasteiger partial charge in [-0.25, -0.2) is 9.80 Å². The summed E-state index contributed by atoms with van der Waals surface area (Å²) in [7, 11) is 0. The topological polar surface area (TPSA) is 51.1 Å². The van der Waals surface area contributed by atoms with E-state index >= 15 is 0 Å². The Morgan fingerprint density at radius 3 is 1.92 bits per heavy atom. The minimum Gasteiger partial charge on any atom is -0.461 e. The van der Waals surface area contributed by atoms with E-state index in [0.717, 1.165) is 27.9 Å². The zero-order chi connectivity index (χ0) is 24.6. The Morgan fingerprint density at radius 1 is 0.806 bits per heavy atom. The van der Waals surface area contributed by atoms with Crippen LogP contribution in [0.15, 0.2) is 120 Å². The normalized spacial score (nSPS) is 19.7. The number of rotatable bonds is 5. The van der Waals surface area contributed by atoms with Crippen LogP contribution in [0.2, 0.25) is 0 Å². The number of carbonyl (C=O) groups is 1. The first kappa shape index (κ1) is 22.6. The van der Waals surface area contributed by atoms with E-state index in [0.29, 0.717) is 0 Å². The molecule has 4 aromatic carbocycles. The Labute approximate surface area is 214 Å². The largest absolute Gasteiger partial charge is 0.461 e. The van der Waals surface area contributed by atoms with Crippen molar-refractivity contribution in [3.05, 3.63) is 138 Å². The molecular formula is C30H24N2O3S. The Balaban J connectivity index is 1.62. The number of esters is 1. The van der Waals surface area contributed by atoms with E-state index in [-0.39, 0.29) is 11.7 Å². The van der Waals surface area contributed by atoms with E-state index in [1.807, 2.05) is 83.9 Å². The van der Waals surface area contributed by atoms with Gasteiger partial charge in [-0.3, -0.25) is 0 Å². The van der Waals surface area contributed by atoms with Gasteiger partial charge >= 0.3 is 5.97 Å². The van der Waals surface area contributed by atoms with Gasteiger partial charge in [-0.05, 0) is 41.9 Å². The van der Waals surface area contributed by atoms with Crippen molar-refractivity contribution in [2.45, 2.75) is 17.6 Å². The number of anilines is 1. The summed E-state index contributed by atoms with van der Waals surface area (Å²) in [6, 6.07) is 38.4. The molecule has 6 rings (SSSR count). The molecule has 6 heteroatoms. The zero-order valence-electron chi connectivity index (χ0n) is 19.7. The second kappa shape index (κ2) is 8.97. The molecule has 1 atom stereocenters. The van der Waals surface area contributed by atoms with Crippen molar-refractivity contribution in [2.75, 3.05) is 11.6 Å². The molecule has 0 aliphatic carbocycles. The molecule has 2 heterocycles. The van der Waals surface area contributed by atoms with E-state index in [9.17, 15) is 4.79 Å². The number of hydrogen-bond acceptors (Lipinski definition) is 6. The van der Waals surface area contributed by atoms with E-state index < -0.39 is 16.6 Å². The molecule has 178 valence electrons. The molecule has 5 nitrogen and oxygen atoms in total. The van der Waals surface area contributed by atoms with Gasteiger partial charge < -0.3 is 9.47 Å². The fourth-order valence-corrected chi connectivity index (χ4v) is 6.20. The molecule has 4 aromatic rings. The molecule has 0 radical (unpaired) electrons. The summed E-state index contributed by atoms with van der Waals surface area (Å²) in [6.07, 6.45) is 0. The standard InChI is InChI=1S/C30H24N2O3S/c1-2-34-28(33)27-31-32(24-18-10-5-11-19-24)30(36-27)26-21-13-12-20-25(26)29(35-30,22-14-6-3-7-15-22)23-16-8-4-9-17-23/h3-21H,2H2,1H3/t30-/m0/s1. The second-order valence-corrected chi connectivity index (χ2v) is 9.66. The molecule has 0 amide bonds. The number of nitrogens with zero attached hydrogens (tertiary/aromatic N) is 2. The zero-order valence-corrected chi connectivity index (χ0v) is 20.5. The number of ether oxygens (including phenoxy) is 2. The van der Waals surface area contributed by atoms with Crippen LogP contribution in [-0.2, 0) is 24.9 Å². The number of thioether (sulfide) groups is 1. The van der Waals surface area contributed by atoms with Crippen LogP contribution >= 0.6 is 11.8 Å². The Hall–Kier alpha value is -3.87. The number of hydrogen-bond donors (Lipinski definition) is 0. The fourth-order valence-electron chi connectivity index (χ4n) is 4.98. The van der Waals surface area contributed by atoms with E-state index in [1.54, 1.807) is 6.92 Å². The summed E-state index contributed by atoms with van der Waals surface area (Å²) in [4.78, 5) is 12.9. The van der Waals surface area contributed by atoms with Crippen LogP contribution in [0.5, 0.6) is 0 Å². The lowest BCUT2D eigenvalue weighted by molar-refractivity contribution is -0.134. The van der Waals surface area contributed by atoms with Crippen LogP contribution in [0.4, 0.5) is 5.69 Å². The molecule has 0 bridgehead atoms. The third kappa shape index (κ3) is 3.37. The fraction of sp³-hybridized carbons (Fsp3) is 0.133. The predicted octanol–water partition coefficient (Wildman–Crippen LogP) is 6.25. The lowest BCUT2D eigenvalue weighted by atomic mass is 9.80. The Bertz CT molecular complexity index is 1390. The van der Waals surface area contributed by atoms with E-state index in [1.165, 1.54) is 11.8 Å². The summed E-state index contributed by atoms with van der Waals surface area (Å²) >= 11 is 1.29. The van der Waals surface area contributed by atoms with E-state index in [2.05, 4.69) is 36.4 Å². The predicted molar refractivity (Wildman–Crippen MR) is 143 cm³/mol. The van der Waals surface area contributed by atoms with Crippen LogP contribution in [0.1, 0.15) is 29.2 Å². The highest BCUT2D eigenvalue weighted by Crippen LogP contribution is 2.62. The Morgan fingerprint density at radius 2 is 1.33 bits per heavy atom. The van der Waals surface area contributed by atoms with Gasteiger partial charge in [0.05, 0.1) is 12.3 Å². The first-order chi connectivity index (χ1) is 17.7. The van der Waals surface area contributed by atoms with Crippen molar-refractivity contribution in [2.24, 2.45) is 5.10 Å². The first-order valence-corrected chi connectivity index (χ1v) is 12.7. The van der Waals surface area contributed by atoms with Gasteiger partial charge in [-0.2, -0.15) is 5.10 Å². The molecule has 0 aromatic heterocycles. The summed E-state index contributed by atoms with van der Waals surface area (Å²) in [5.41, 5.74) is 3.85. The highest BCUT2D eigenvalue weighted by atomic mass is 32.2. The van der Waals surface area contributed by atoms with Crippen molar-refractivity contribution >= 4 is 28.5 Å². The van der Waals surface area contributed by atoms with Crippen LogP contribution in [0.3, 0.4) is 0 Å². The van der Waals surface area contributed by atoms with Crippen LogP contribution in [-0.4, -0.2) is 17.6 Å². The second-order valence-electron chi connectivity index (χ2n) is 8.52. The van der Waals surface area contributed by atoms with Gasteiger partial charge in [-0.1, -0.05) is 103 Å². The van der Waals surface area contributed by atoms with Crippen LogP contribution < -0.4 is 5.01 Å². The number of benzene rings is 4. The third-order valence-electron chi connectivity index (χ3n) is 6.45. The van der Waals surface area contributed by atoms with Crippen molar-refractivity contribution < 1.29 is 14.3 Å². The molecule has 0 unspecified atom stereocenters. The van der Waals surface area contributed by atoms with Crippen molar-refractivity contribution in [1.29, 1.82) is 0 Å². The number of hydrazone groups is 1. The maximum atomic E-state index is 12.9. The average Bonchev–Trinajstić information content (AvgIpc) is 3.48. The molecule has 2 aliphatic rings. The van der Waals surface area contributed by atoms with Crippen molar-refractivity contribution in [3.8, 4) is 0 Å². The van der Waals surface area contributed by atoms with Gasteiger partial charge in [0.1, 0.15) is 5.60 Å². The van der Waals surface area contributed by atoms with Gasteiger partial charge in [0, 0.05) is 11.1 Å². The SMILES string of the molecule is CCOC(=O)C1=NN(c2ccccc2)[C@@]2(OC(c3ccccc3)(c3ccccc3)c3ccccc32)S1. The van der Waals surface area contributed by atoms with Crippen molar-refractivity contribution in [3.63, 3.8) is 0 Å². The van der Waals surface area contributed by atoms with Crippen LogP contribution in [0.25, 0.3) is 0 Å². The monoisotopic (exact) mass is 492 g/mol. The van der Waals surface area contributed by atoms with Gasteiger partial charge in [0.25, 0.3) is 0 Å². The number of para-hydroxylation sites is 1. The minimum atomic E-state index is -1.12. The first-order valence-electron chi connectivity index (χ1n) is 11.9. The summed E-state index contributed by atoms with van der Waals surface area (Å²) in [6.45, 7) is 2.06. The molecule has 36 heavy (non-hydrogen) atoms. The van der Waals surface area contributed by atoms with E-state index in [4.69, 9.17) is 14.6 Å². The quantitative estimate of drug-likeness (QED) is 0.308. The minimum absolute atomic E-state index is 0.257. The van der Waals surface area contributed by atoms with Gasteiger partial charge in [-0.15, -0.1) is 0 Å². The molecular weight excluding hydrogens is 468 g/mol. The summed E-state index contributed by atoms with van der Waals surface area (Å²) in [5, 5.41) is 5.73. The smallest absolute Gasteiger partial charge is 0.365 e. The molecule has 0 N–H and O–H groups in total. The lowest BCUT2D eigenvalue weighted by Gasteiger charge is -2.38. The highest BCUT2D eigenvalue weighted by Gasteiger charge is 2.62. The molecule has 1 spiro atoms. The molecule has 2 aliphatic heterocycles. The molecule has 0 fully saturated rings. The van der Waals surface area contributed by atoms with Crippen molar-refractivity contribution in [1.82, 2.24) is 0 Å². The van der Waals surface area contributed by atoms with Gasteiger partial charge in [0.2, 0.25) is 10.1 Å². The van der Waals surface area contributed by atoms with Crippen LogP contribution in [0, 0.1) is 0 Å². The average molecular weight is 493 g/mol. The summed E-state index contributed by atoms with van der Waals surface area (Å²) in [5.74, 6) is -0.460. The maximum absolute atomic E-state index is 12.9. The number of carbonyl (C=O) groups excluding carboxylic acids is 1. The lowest BCUT2D eigenvalue weighted by Crippen LogP contribution is -2.41. The molecule has 0 saturated carbocycles. The highest BCUT2D eigenvalue weighted by molar-refractivity contribution is 8.16.